The van der Waals surface area contributed by atoms with Gasteiger partial charge in [0.25, 0.3) is 0 Å². The average molecular weight is 427 g/mol. The van der Waals surface area contributed by atoms with Gasteiger partial charge in [-0.15, -0.1) is 21.5 Å². The van der Waals surface area contributed by atoms with Gasteiger partial charge in [-0.3, -0.25) is 4.57 Å². The monoisotopic (exact) mass is 426 g/mol. The van der Waals surface area contributed by atoms with Gasteiger partial charge in [-0.2, -0.15) is 0 Å². The molecule has 0 saturated heterocycles. The van der Waals surface area contributed by atoms with E-state index >= 15 is 0 Å². The van der Waals surface area contributed by atoms with Crippen LogP contribution < -0.4 is 4.74 Å². The molecule has 0 aliphatic heterocycles. The zero-order valence-electron chi connectivity index (χ0n) is 16.0. The first-order valence-electron chi connectivity index (χ1n) is 9.13. The maximum absolute atomic E-state index is 14.6. The molecule has 4 rings (SSSR count). The van der Waals surface area contributed by atoms with Crippen molar-refractivity contribution in [2.24, 2.45) is 0 Å². The van der Waals surface area contributed by atoms with Crippen molar-refractivity contribution in [3.63, 3.8) is 0 Å². The maximum Gasteiger partial charge on any atom is 0.196 e. The number of benzene rings is 2. The smallest absolute Gasteiger partial charge is 0.196 e. The summed E-state index contributed by atoms with van der Waals surface area (Å²) < 4.78 is 21.9. The van der Waals surface area contributed by atoms with Crippen LogP contribution in [-0.2, 0) is 5.75 Å². The van der Waals surface area contributed by atoms with E-state index < -0.39 is 0 Å². The van der Waals surface area contributed by atoms with E-state index in [2.05, 4.69) is 15.2 Å². The number of thiazole rings is 1. The van der Waals surface area contributed by atoms with Crippen molar-refractivity contribution in [2.75, 3.05) is 6.61 Å². The van der Waals surface area contributed by atoms with Gasteiger partial charge in [-0.1, -0.05) is 23.9 Å². The molecule has 0 spiro atoms. The number of para-hydroxylation sites is 1. The van der Waals surface area contributed by atoms with Gasteiger partial charge in [-0.05, 0) is 50.2 Å². The third-order valence-electron chi connectivity index (χ3n) is 4.17. The summed E-state index contributed by atoms with van der Waals surface area (Å²) >= 11 is 3.10. The van der Waals surface area contributed by atoms with Crippen LogP contribution in [-0.4, -0.2) is 26.4 Å². The molecule has 0 saturated carbocycles. The highest BCUT2D eigenvalue weighted by molar-refractivity contribution is 7.98. The van der Waals surface area contributed by atoms with E-state index in [1.165, 1.54) is 17.8 Å². The Kier molecular flexibility index (Phi) is 5.92. The Bertz CT molecular complexity index is 1110. The third-order valence-corrected chi connectivity index (χ3v) is 5.95. The first-order valence-corrected chi connectivity index (χ1v) is 11.0. The van der Waals surface area contributed by atoms with Gasteiger partial charge in [-0.25, -0.2) is 9.37 Å². The van der Waals surface area contributed by atoms with E-state index in [1.807, 2.05) is 43.5 Å². The fourth-order valence-electron chi connectivity index (χ4n) is 2.88. The number of nitrogens with zero attached hydrogens (tertiary/aromatic N) is 4. The molecule has 0 aliphatic carbocycles. The normalized spacial score (nSPS) is 11.0. The molecule has 0 amide bonds. The second-order valence-corrected chi connectivity index (χ2v) is 8.20. The molecule has 0 aliphatic rings. The average Bonchev–Trinajstić information content (AvgIpc) is 3.34. The summed E-state index contributed by atoms with van der Waals surface area (Å²) in [5.41, 5.74) is 2.22. The molecule has 2 aromatic carbocycles. The first kappa shape index (κ1) is 19.6. The molecule has 0 atom stereocenters. The van der Waals surface area contributed by atoms with Gasteiger partial charge in [0.05, 0.1) is 23.0 Å². The largest absolute Gasteiger partial charge is 0.494 e. The molecule has 2 heterocycles. The fraction of sp³-hybridized carbons (Fsp3) is 0.190. The molecule has 0 bridgehead atoms. The van der Waals surface area contributed by atoms with Crippen molar-refractivity contribution in [2.45, 2.75) is 24.8 Å². The molecule has 0 N–H and O–H groups in total. The summed E-state index contributed by atoms with van der Waals surface area (Å²) in [4.78, 5) is 4.49. The molecule has 8 heteroatoms. The van der Waals surface area contributed by atoms with Gasteiger partial charge in [0.15, 0.2) is 11.0 Å². The third kappa shape index (κ3) is 4.33. The van der Waals surface area contributed by atoms with Crippen LogP contribution in [0.15, 0.2) is 59.1 Å². The SMILES string of the molecule is CCOc1ccc(-c2nnc(SCc3csc(C)n3)n2-c2ccccc2F)cc1. The predicted molar refractivity (Wildman–Crippen MR) is 114 cm³/mol. The van der Waals surface area contributed by atoms with Crippen LogP contribution in [0.4, 0.5) is 4.39 Å². The maximum atomic E-state index is 14.6. The zero-order chi connectivity index (χ0) is 20.2. The quantitative estimate of drug-likeness (QED) is 0.364. The lowest BCUT2D eigenvalue weighted by molar-refractivity contribution is 0.340. The Morgan fingerprint density at radius 1 is 1.10 bits per heavy atom. The van der Waals surface area contributed by atoms with E-state index in [0.717, 1.165) is 22.0 Å². The van der Waals surface area contributed by atoms with Crippen molar-refractivity contribution >= 4 is 23.1 Å². The van der Waals surface area contributed by atoms with Crippen LogP contribution in [0.5, 0.6) is 5.75 Å². The number of rotatable bonds is 7. The fourth-order valence-corrected chi connectivity index (χ4v) is 4.44. The standard InChI is InChI=1S/C21H19FN4OS2/c1-3-27-17-10-8-15(9-11-17)20-24-25-21(29-13-16-12-28-14(2)23-16)26(20)19-7-5-4-6-18(19)22/h4-12H,3,13H2,1-2H3. The highest BCUT2D eigenvalue weighted by Gasteiger charge is 2.19. The lowest BCUT2D eigenvalue weighted by Gasteiger charge is -2.11. The summed E-state index contributed by atoms with van der Waals surface area (Å²) in [7, 11) is 0. The van der Waals surface area contributed by atoms with Crippen molar-refractivity contribution < 1.29 is 9.13 Å². The number of aromatic nitrogens is 4. The number of halogens is 1. The van der Waals surface area contributed by atoms with Crippen molar-refractivity contribution in [3.8, 4) is 22.8 Å². The number of hydrogen-bond donors (Lipinski definition) is 0. The Morgan fingerprint density at radius 2 is 1.90 bits per heavy atom. The highest BCUT2D eigenvalue weighted by atomic mass is 32.2. The van der Waals surface area contributed by atoms with E-state index in [1.54, 1.807) is 34.1 Å². The Labute approximate surface area is 176 Å². The first-order chi connectivity index (χ1) is 14.2. The minimum atomic E-state index is -0.328. The number of aryl methyl sites for hydroxylation is 1. The minimum Gasteiger partial charge on any atom is -0.494 e. The molecule has 5 nitrogen and oxygen atoms in total. The second-order valence-electron chi connectivity index (χ2n) is 6.20. The molecule has 0 fully saturated rings. The van der Waals surface area contributed by atoms with Crippen molar-refractivity contribution in [1.82, 2.24) is 19.7 Å². The van der Waals surface area contributed by atoms with Gasteiger partial charge in [0.1, 0.15) is 11.6 Å². The van der Waals surface area contributed by atoms with Crippen molar-refractivity contribution in [1.29, 1.82) is 0 Å². The van der Waals surface area contributed by atoms with Gasteiger partial charge in [0.2, 0.25) is 0 Å². The van der Waals surface area contributed by atoms with Crippen LogP contribution in [0.3, 0.4) is 0 Å². The van der Waals surface area contributed by atoms with Crippen LogP contribution in [0.1, 0.15) is 17.6 Å². The summed E-state index contributed by atoms with van der Waals surface area (Å²) in [6, 6.07) is 14.2. The summed E-state index contributed by atoms with van der Waals surface area (Å²) in [6.45, 7) is 4.52. The van der Waals surface area contributed by atoms with E-state index in [-0.39, 0.29) is 5.82 Å². The topological polar surface area (TPSA) is 52.8 Å². The molecule has 0 radical (unpaired) electrons. The van der Waals surface area contributed by atoms with Gasteiger partial charge in [0, 0.05) is 16.7 Å². The van der Waals surface area contributed by atoms with Crippen LogP contribution in [0.2, 0.25) is 0 Å². The second kappa shape index (κ2) is 8.75. The Hall–Kier alpha value is -2.71. The predicted octanol–water partition coefficient (Wildman–Crippen LogP) is 5.53. The number of hydrogen-bond acceptors (Lipinski definition) is 6. The molecule has 148 valence electrons. The van der Waals surface area contributed by atoms with E-state index in [9.17, 15) is 4.39 Å². The molecular formula is C21H19FN4OS2. The zero-order valence-corrected chi connectivity index (χ0v) is 17.6. The lowest BCUT2D eigenvalue weighted by Crippen LogP contribution is -2.02. The van der Waals surface area contributed by atoms with E-state index in [4.69, 9.17) is 4.74 Å². The summed E-state index contributed by atoms with van der Waals surface area (Å²) in [6.07, 6.45) is 0. The Morgan fingerprint density at radius 3 is 2.59 bits per heavy atom. The molecule has 0 unspecified atom stereocenters. The van der Waals surface area contributed by atoms with Gasteiger partial charge >= 0.3 is 0 Å². The molecule has 29 heavy (non-hydrogen) atoms. The summed E-state index contributed by atoms with van der Waals surface area (Å²) in [5.74, 6) is 1.67. The summed E-state index contributed by atoms with van der Waals surface area (Å²) in [5, 5.41) is 12.4. The van der Waals surface area contributed by atoms with E-state index in [0.29, 0.717) is 29.0 Å². The Balaban J connectivity index is 1.73. The minimum absolute atomic E-state index is 0.328. The van der Waals surface area contributed by atoms with Crippen molar-refractivity contribution in [3.05, 3.63) is 70.4 Å². The number of thioether (sulfide) groups is 1. The molecular weight excluding hydrogens is 407 g/mol. The lowest BCUT2D eigenvalue weighted by atomic mass is 10.2. The van der Waals surface area contributed by atoms with Crippen LogP contribution in [0, 0.1) is 12.7 Å². The van der Waals surface area contributed by atoms with Crippen LogP contribution >= 0.6 is 23.1 Å². The van der Waals surface area contributed by atoms with Crippen LogP contribution in [0.25, 0.3) is 17.1 Å². The number of ether oxygens (including phenoxy) is 1. The highest BCUT2D eigenvalue weighted by Crippen LogP contribution is 2.31. The van der Waals surface area contributed by atoms with Gasteiger partial charge < -0.3 is 4.74 Å². The molecule has 4 aromatic rings. The molecule has 2 aromatic heterocycles.